The van der Waals surface area contributed by atoms with Crippen LogP contribution < -0.4 is 10.6 Å². The van der Waals surface area contributed by atoms with Crippen LogP contribution in [-0.2, 0) is 0 Å². The van der Waals surface area contributed by atoms with Gasteiger partial charge in [0.25, 0.3) is 5.91 Å². The summed E-state index contributed by atoms with van der Waals surface area (Å²) in [5, 5.41) is 6.11. The first-order chi connectivity index (χ1) is 13.9. The molecule has 0 atom stereocenters. The van der Waals surface area contributed by atoms with Gasteiger partial charge in [0.05, 0.1) is 16.9 Å². The number of halogens is 2. The van der Waals surface area contributed by atoms with Crippen LogP contribution in [0.1, 0.15) is 10.4 Å². The molecule has 0 radical (unpaired) electrons. The third-order valence-corrected chi connectivity index (χ3v) is 4.56. The minimum atomic E-state index is -0.463. The van der Waals surface area contributed by atoms with Crippen LogP contribution in [0.5, 0.6) is 0 Å². The molecule has 0 unspecified atom stereocenters. The summed E-state index contributed by atoms with van der Waals surface area (Å²) in [6.45, 7) is 1.38. The lowest BCUT2D eigenvalue weighted by atomic mass is 10.0. The highest BCUT2D eigenvalue weighted by Gasteiger charge is 2.07. The van der Waals surface area contributed by atoms with Gasteiger partial charge in [0.2, 0.25) is 0 Å². The van der Waals surface area contributed by atoms with Gasteiger partial charge in [-0.3, -0.25) is 9.78 Å². The first-order valence-electron chi connectivity index (χ1n) is 9.13. The van der Waals surface area contributed by atoms with Crippen LogP contribution in [0.2, 0.25) is 5.02 Å². The van der Waals surface area contributed by atoms with Crippen molar-refractivity contribution in [1.29, 1.82) is 0 Å². The van der Waals surface area contributed by atoms with E-state index in [0.29, 0.717) is 17.8 Å². The normalized spacial score (nSPS) is 10.8. The van der Waals surface area contributed by atoms with Crippen molar-refractivity contribution >= 4 is 28.9 Å². The minimum absolute atomic E-state index is 0.0542. The van der Waals surface area contributed by atoms with Crippen molar-refractivity contribution in [2.75, 3.05) is 32.5 Å². The second-order valence-electron chi connectivity index (χ2n) is 6.85. The highest BCUT2D eigenvalue weighted by atomic mass is 35.5. The Hall–Kier alpha value is -2.96. The van der Waals surface area contributed by atoms with Crippen LogP contribution in [0.15, 0.2) is 60.9 Å². The lowest BCUT2D eigenvalue weighted by Crippen LogP contribution is -2.31. The van der Waals surface area contributed by atoms with Gasteiger partial charge >= 0.3 is 0 Å². The Balaban J connectivity index is 1.70. The van der Waals surface area contributed by atoms with E-state index in [9.17, 15) is 9.18 Å². The molecule has 0 saturated heterocycles. The lowest BCUT2D eigenvalue weighted by Gasteiger charge is -2.11. The number of hydrogen-bond donors (Lipinski definition) is 2. The Morgan fingerprint density at radius 2 is 1.79 bits per heavy atom. The van der Waals surface area contributed by atoms with Gasteiger partial charge in [-0.1, -0.05) is 23.7 Å². The van der Waals surface area contributed by atoms with Crippen molar-refractivity contribution in [3.8, 4) is 11.1 Å². The predicted molar refractivity (Wildman–Crippen MR) is 115 cm³/mol. The molecule has 3 aromatic rings. The zero-order valence-corrected chi connectivity index (χ0v) is 17.0. The summed E-state index contributed by atoms with van der Waals surface area (Å²) >= 11 is 5.83. The molecule has 2 aromatic carbocycles. The number of hydrogen-bond acceptors (Lipinski definition) is 4. The molecular weight excluding hydrogens is 391 g/mol. The first kappa shape index (κ1) is 20.8. The van der Waals surface area contributed by atoms with E-state index in [1.807, 2.05) is 37.2 Å². The number of carbonyl (C=O) groups is 1. The van der Waals surface area contributed by atoms with E-state index in [-0.39, 0.29) is 10.9 Å². The maximum atomic E-state index is 13.3. The Morgan fingerprint density at radius 3 is 2.48 bits per heavy atom. The molecule has 0 aliphatic carbocycles. The van der Waals surface area contributed by atoms with Gasteiger partial charge < -0.3 is 15.5 Å². The highest BCUT2D eigenvalue weighted by molar-refractivity contribution is 6.31. The van der Waals surface area contributed by atoms with Gasteiger partial charge in [0, 0.05) is 36.1 Å². The Labute approximate surface area is 174 Å². The van der Waals surface area contributed by atoms with E-state index in [2.05, 4.69) is 15.6 Å². The molecule has 0 saturated carbocycles. The third kappa shape index (κ3) is 5.76. The monoisotopic (exact) mass is 412 g/mol. The molecule has 5 nitrogen and oxygen atoms in total. The number of nitrogens with one attached hydrogen (secondary N) is 2. The fourth-order valence-corrected chi connectivity index (χ4v) is 2.90. The van der Waals surface area contributed by atoms with Crippen molar-refractivity contribution in [1.82, 2.24) is 15.2 Å². The maximum absolute atomic E-state index is 13.3. The molecule has 29 heavy (non-hydrogen) atoms. The van der Waals surface area contributed by atoms with Crippen molar-refractivity contribution < 1.29 is 9.18 Å². The minimum Gasteiger partial charge on any atom is -0.354 e. The molecular formula is C22H22ClFN4O. The molecule has 150 valence electrons. The summed E-state index contributed by atoms with van der Waals surface area (Å²) in [5.74, 6) is -0.560. The zero-order valence-electron chi connectivity index (χ0n) is 16.2. The maximum Gasteiger partial charge on any atom is 0.251 e. The smallest absolute Gasteiger partial charge is 0.251 e. The largest absolute Gasteiger partial charge is 0.354 e. The second kappa shape index (κ2) is 9.49. The number of likely N-dealkylation sites (N-methyl/N-ethyl adjacent to an activating group) is 1. The SMILES string of the molecule is CN(C)CCNC(=O)c1ccc(-c2cncc(Nc3ccc(F)c(Cl)c3)c2)cc1. The van der Waals surface area contributed by atoms with Crippen LogP contribution in [0.3, 0.4) is 0 Å². The number of amides is 1. The molecule has 0 fully saturated rings. The van der Waals surface area contributed by atoms with E-state index in [1.165, 1.54) is 12.1 Å². The summed E-state index contributed by atoms with van der Waals surface area (Å²) in [6, 6.07) is 13.7. The lowest BCUT2D eigenvalue weighted by molar-refractivity contribution is 0.0951. The fraction of sp³-hybridized carbons (Fsp3) is 0.182. The number of anilines is 2. The van der Waals surface area contributed by atoms with Crippen LogP contribution in [0.4, 0.5) is 15.8 Å². The van der Waals surface area contributed by atoms with Crippen molar-refractivity contribution in [2.24, 2.45) is 0 Å². The van der Waals surface area contributed by atoms with Crippen molar-refractivity contribution in [2.45, 2.75) is 0 Å². The second-order valence-corrected chi connectivity index (χ2v) is 7.26. The van der Waals surface area contributed by atoms with Crippen molar-refractivity contribution in [3.05, 3.63) is 77.3 Å². The van der Waals surface area contributed by atoms with E-state index < -0.39 is 5.82 Å². The van der Waals surface area contributed by atoms with E-state index in [4.69, 9.17) is 11.6 Å². The number of rotatable bonds is 7. The van der Waals surface area contributed by atoms with E-state index in [1.54, 1.807) is 30.6 Å². The Kier molecular flexibility index (Phi) is 6.80. The van der Waals surface area contributed by atoms with Gasteiger partial charge in [-0.15, -0.1) is 0 Å². The molecule has 1 aromatic heterocycles. The van der Waals surface area contributed by atoms with Gasteiger partial charge in [0.1, 0.15) is 5.82 Å². The van der Waals surface area contributed by atoms with E-state index in [0.717, 1.165) is 23.4 Å². The molecule has 0 bridgehead atoms. The molecule has 0 spiro atoms. The molecule has 0 aliphatic rings. The average Bonchev–Trinajstić information content (AvgIpc) is 2.71. The molecule has 3 rings (SSSR count). The molecule has 7 heteroatoms. The summed E-state index contributed by atoms with van der Waals surface area (Å²) in [4.78, 5) is 18.5. The third-order valence-electron chi connectivity index (χ3n) is 4.27. The fourth-order valence-electron chi connectivity index (χ4n) is 2.72. The number of aromatic nitrogens is 1. The van der Waals surface area contributed by atoms with E-state index >= 15 is 0 Å². The van der Waals surface area contributed by atoms with Crippen LogP contribution in [-0.4, -0.2) is 43.0 Å². The number of nitrogens with zero attached hydrogens (tertiary/aromatic N) is 2. The van der Waals surface area contributed by atoms with Crippen LogP contribution in [0.25, 0.3) is 11.1 Å². The topological polar surface area (TPSA) is 57.3 Å². The van der Waals surface area contributed by atoms with Crippen molar-refractivity contribution in [3.63, 3.8) is 0 Å². The summed E-state index contributed by atoms with van der Waals surface area (Å²) < 4.78 is 13.3. The number of pyridine rings is 1. The highest BCUT2D eigenvalue weighted by Crippen LogP contribution is 2.26. The summed E-state index contributed by atoms with van der Waals surface area (Å²) in [7, 11) is 3.92. The van der Waals surface area contributed by atoms with Gasteiger partial charge in [0.15, 0.2) is 0 Å². The average molecular weight is 413 g/mol. The molecule has 1 amide bonds. The van der Waals surface area contributed by atoms with Gasteiger partial charge in [-0.05, 0) is 56.1 Å². The molecule has 0 aliphatic heterocycles. The first-order valence-corrected chi connectivity index (χ1v) is 9.50. The Bertz CT molecular complexity index is 992. The number of benzene rings is 2. The quantitative estimate of drug-likeness (QED) is 0.596. The van der Waals surface area contributed by atoms with Gasteiger partial charge in [-0.25, -0.2) is 4.39 Å². The number of carbonyl (C=O) groups excluding carboxylic acids is 1. The molecule has 1 heterocycles. The summed E-state index contributed by atoms with van der Waals surface area (Å²) in [6.07, 6.45) is 3.42. The predicted octanol–water partition coefficient (Wildman–Crippen LogP) is 4.58. The van der Waals surface area contributed by atoms with Crippen LogP contribution >= 0.6 is 11.6 Å². The van der Waals surface area contributed by atoms with Crippen LogP contribution in [0, 0.1) is 5.82 Å². The standard InChI is InChI=1S/C22H22ClFN4O/c1-28(2)10-9-26-22(29)16-5-3-15(4-6-16)17-11-19(14-25-13-17)27-18-7-8-21(24)20(23)12-18/h3-8,11-14,27H,9-10H2,1-2H3,(H,26,29). The van der Waals surface area contributed by atoms with Gasteiger partial charge in [-0.2, -0.15) is 0 Å². The zero-order chi connectivity index (χ0) is 20.8. The Morgan fingerprint density at radius 1 is 1.03 bits per heavy atom. The summed E-state index contributed by atoms with van der Waals surface area (Å²) in [5.41, 5.74) is 3.84. The molecule has 2 N–H and O–H groups in total.